The molecular weight excluding hydrogens is 1330 g/mol. The number of hydrogen-bond donors (Lipinski definition) is 20. The van der Waals surface area contributed by atoms with Crippen LogP contribution in [-0.2, 0) is 91.2 Å². The third-order valence-corrected chi connectivity index (χ3v) is 16.2. The maximum Gasteiger partial charge on any atom is 0.326 e. The number of primary amides is 1. The van der Waals surface area contributed by atoms with Gasteiger partial charge in [0, 0.05) is 55.7 Å². The van der Waals surface area contributed by atoms with Crippen LogP contribution in [0.1, 0.15) is 82.4 Å². The number of hydrogen-bond acceptors (Lipinski definition) is 20. The second kappa shape index (κ2) is 38.9. The zero-order valence-electron chi connectivity index (χ0n) is 55.3. The van der Waals surface area contributed by atoms with Crippen LogP contribution in [0.5, 0.6) is 5.75 Å². The van der Waals surface area contributed by atoms with Crippen LogP contribution in [0.25, 0.3) is 10.9 Å². The molecule has 36 nitrogen and oxygen atoms in total. The number of rotatable bonds is 40. The van der Waals surface area contributed by atoms with Crippen molar-refractivity contribution in [3.63, 3.8) is 0 Å². The average Bonchev–Trinajstić information content (AvgIpc) is 1.68. The van der Waals surface area contributed by atoms with Gasteiger partial charge in [0.1, 0.15) is 66.2 Å². The number of benzene rings is 3. The van der Waals surface area contributed by atoms with Gasteiger partial charge in [-0.2, -0.15) is 0 Å². The highest BCUT2D eigenvalue weighted by atomic mass is 16.4. The highest BCUT2D eigenvalue weighted by Crippen LogP contribution is 2.24. The van der Waals surface area contributed by atoms with Crippen molar-refractivity contribution < 1.29 is 108 Å². The first-order chi connectivity index (χ1) is 47.8. The number of carbonyl (C=O) groups is 15. The largest absolute Gasteiger partial charge is 0.508 e. The predicted octanol–water partition coefficient (Wildman–Crippen LogP) is -5.59. The maximum atomic E-state index is 15.1. The second-order valence-corrected chi connectivity index (χ2v) is 24.3. The van der Waals surface area contributed by atoms with Crippen molar-refractivity contribution in [3.05, 3.63) is 102 Å². The number of aromatic amines is 1. The van der Waals surface area contributed by atoms with Crippen molar-refractivity contribution in [2.75, 3.05) is 26.3 Å². The molecule has 0 unspecified atom stereocenters. The zero-order chi connectivity index (χ0) is 74.8. The van der Waals surface area contributed by atoms with E-state index < -0.39 is 219 Å². The van der Waals surface area contributed by atoms with E-state index in [1.54, 1.807) is 74.6 Å². The highest BCUT2D eigenvalue weighted by molar-refractivity contribution is 6.00. The number of nitrogens with one attached hydrogen (secondary N) is 11. The van der Waals surface area contributed by atoms with Crippen molar-refractivity contribution in [3.8, 4) is 5.75 Å². The number of aliphatic carboxylic acids is 3. The summed E-state index contributed by atoms with van der Waals surface area (Å²) in [7, 11) is 0. The number of para-hydroxylation sites is 1. The molecule has 3 aromatic carbocycles. The molecule has 0 aliphatic carbocycles. The van der Waals surface area contributed by atoms with Gasteiger partial charge >= 0.3 is 17.9 Å². The number of phenolic OH excluding ortho intramolecular Hbond substituents is 1. The molecule has 12 amide bonds. The van der Waals surface area contributed by atoms with Gasteiger partial charge in [0.05, 0.1) is 38.3 Å². The topological polar surface area (TPSA) is 589 Å². The van der Waals surface area contributed by atoms with Crippen LogP contribution in [0.2, 0.25) is 0 Å². The summed E-state index contributed by atoms with van der Waals surface area (Å²) in [6.07, 6.45) is -4.33. The van der Waals surface area contributed by atoms with Crippen LogP contribution in [0.15, 0.2) is 85.1 Å². The van der Waals surface area contributed by atoms with Crippen LogP contribution in [0, 0.1) is 5.92 Å². The number of fused-ring (bicyclic) bond motifs is 1. The number of nitrogens with two attached hydrogens (primary N) is 2. The van der Waals surface area contributed by atoms with Crippen LogP contribution in [0.3, 0.4) is 0 Å². The summed E-state index contributed by atoms with van der Waals surface area (Å²) in [4.78, 5) is 205. The third kappa shape index (κ3) is 25.0. The van der Waals surface area contributed by atoms with Crippen molar-refractivity contribution in [1.82, 2.24) is 63.1 Å². The first-order valence-electron chi connectivity index (χ1n) is 32.1. The molecule has 1 aromatic heterocycles. The van der Waals surface area contributed by atoms with Gasteiger partial charge in [-0.1, -0.05) is 74.5 Å². The summed E-state index contributed by atoms with van der Waals surface area (Å²) in [5.41, 5.74) is 13.4. The lowest BCUT2D eigenvalue weighted by molar-refractivity contribution is -0.144. The van der Waals surface area contributed by atoms with Crippen LogP contribution >= 0.6 is 0 Å². The molecule has 548 valence electrons. The average molecular weight is 1420 g/mol. The molecule has 0 radical (unpaired) electrons. The molecule has 0 spiro atoms. The molecular formula is C65H86N14O22. The number of aliphatic hydroxyl groups excluding tert-OH is 3. The van der Waals surface area contributed by atoms with E-state index in [4.69, 9.17) is 16.6 Å². The van der Waals surface area contributed by atoms with Crippen LogP contribution < -0.4 is 64.6 Å². The fraction of sp³-hybridized carbons (Fsp3) is 0.462. The number of amides is 12. The minimum Gasteiger partial charge on any atom is -0.508 e. The number of carboxylic acids is 3. The Balaban J connectivity index is 1.34. The molecule has 2 heterocycles. The van der Waals surface area contributed by atoms with Gasteiger partial charge < -0.3 is 110 Å². The van der Waals surface area contributed by atoms with Gasteiger partial charge in [-0.25, -0.2) is 4.79 Å². The fourth-order valence-corrected chi connectivity index (χ4v) is 10.6. The molecule has 1 aliphatic heterocycles. The van der Waals surface area contributed by atoms with Gasteiger partial charge in [-0.3, -0.25) is 67.1 Å². The van der Waals surface area contributed by atoms with Crippen molar-refractivity contribution in [2.24, 2.45) is 17.4 Å². The quantitative estimate of drug-likeness (QED) is 0.0197. The molecule has 12 atom stereocenters. The Morgan fingerprint density at radius 1 is 0.554 bits per heavy atom. The minimum atomic E-state index is -1.91. The summed E-state index contributed by atoms with van der Waals surface area (Å²) < 4.78 is 0. The van der Waals surface area contributed by atoms with Crippen molar-refractivity contribution in [1.29, 1.82) is 0 Å². The Labute approximate surface area is 577 Å². The smallest absolute Gasteiger partial charge is 0.326 e. The second-order valence-electron chi connectivity index (χ2n) is 24.3. The maximum absolute atomic E-state index is 15.1. The Kier molecular flexibility index (Phi) is 31.0. The standard InChI is InChI=1S/C65H86N14O22/c1-32(2)53(67)62(97)78-54(33(3)82)63(98)74-43(25-35-15-17-37(83)18-16-35)58(93)71-40(19-21-51(86)87)56(91)75-45(26-36-28-68-39-13-8-7-12-38(36)39)64(99)79-23-9-14-48(79)61(96)73-44(27-49(66)84)59(94)76-46(30-80)55(90)69-29-50(85)70-42(24-34-10-5-4-6-11-34)57(92)77-47(31-81)60(95)72-41(65(100)101)20-22-52(88)89/h4-8,10-13,15-18,28,32-33,40-48,53-54,68,80-83H,9,14,19-27,29-31,67H2,1-3H3,(H2,66,84)(H,69,90)(H,70,85)(H,71,93)(H,72,95)(H,73,96)(H,74,98)(H,75,91)(H,76,94)(H,77,92)(H,78,97)(H,86,87)(H,88,89)(H,100,101)/t33-,40+,41+,42+,43+,44+,45+,46+,47+,48+,53+,54+/m1/s1. The van der Waals surface area contributed by atoms with E-state index in [9.17, 15) is 97.8 Å². The number of aromatic hydroxyl groups is 1. The van der Waals surface area contributed by atoms with Crippen LogP contribution in [0.4, 0.5) is 0 Å². The van der Waals surface area contributed by atoms with Gasteiger partial charge in [0.15, 0.2) is 0 Å². The summed E-state index contributed by atoms with van der Waals surface area (Å²) in [5.74, 6) is -18.0. The van der Waals surface area contributed by atoms with E-state index in [0.29, 0.717) is 27.6 Å². The zero-order valence-corrected chi connectivity index (χ0v) is 55.3. The molecule has 1 fully saturated rings. The Hall–Kier alpha value is -11.1. The van der Waals surface area contributed by atoms with E-state index in [-0.39, 0.29) is 44.4 Å². The number of nitrogens with zero attached hydrogens (tertiary/aromatic N) is 1. The SMILES string of the molecule is CC(C)[C@H](N)C(=O)N[C@H](C(=O)N[C@@H](Cc1ccc(O)cc1)C(=O)N[C@@H](CCC(=O)O)C(=O)N[C@@H](Cc1c[nH]c2ccccc12)C(=O)N1CCC[C@H]1C(=O)N[C@@H](CC(N)=O)C(=O)N[C@@H](CO)C(=O)NCC(=O)N[C@@H](Cc1ccccc1)C(=O)N[C@@H](CO)C(=O)N[C@@H](CCC(=O)O)C(=O)O)[C@@H](C)O. The fourth-order valence-electron chi connectivity index (χ4n) is 10.6. The summed E-state index contributed by atoms with van der Waals surface area (Å²) in [6, 6.07) is 2.03. The predicted molar refractivity (Wildman–Crippen MR) is 353 cm³/mol. The number of aromatic nitrogens is 1. The van der Waals surface area contributed by atoms with E-state index in [0.717, 1.165) is 4.90 Å². The summed E-state index contributed by atoms with van der Waals surface area (Å²) in [5, 5.41) is 93.1. The van der Waals surface area contributed by atoms with Crippen molar-refractivity contribution in [2.45, 2.75) is 158 Å². The van der Waals surface area contributed by atoms with Gasteiger partial charge in [0.25, 0.3) is 0 Å². The molecule has 101 heavy (non-hydrogen) atoms. The lowest BCUT2D eigenvalue weighted by Crippen LogP contribution is -2.62. The highest BCUT2D eigenvalue weighted by Gasteiger charge is 2.42. The monoisotopic (exact) mass is 1410 g/mol. The Bertz CT molecular complexity index is 3630. The number of aliphatic hydroxyl groups is 3. The molecule has 1 saturated heterocycles. The van der Waals surface area contributed by atoms with Gasteiger partial charge in [-0.15, -0.1) is 0 Å². The number of likely N-dealkylation sites (tertiary alicyclic amines) is 1. The molecule has 4 aromatic rings. The summed E-state index contributed by atoms with van der Waals surface area (Å²) in [6.45, 7) is 1.14. The molecule has 0 bridgehead atoms. The van der Waals surface area contributed by atoms with Crippen molar-refractivity contribution >= 4 is 99.7 Å². The molecule has 1 aliphatic rings. The van der Waals surface area contributed by atoms with E-state index in [2.05, 4.69) is 52.8 Å². The first-order valence-corrected chi connectivity index (χ1v) is 32.1. The van der Waals surface area contributed by atoms with Gasteiger partial charge in [-0.05, 0) is 73.4 Å². The van der Waals surface area contributed by atoms with Crippen LogP contribution in [-0.4, -0.2) is 233 Å². The minimum absolute atomic E-state index is 0.0792. The van der Waals surface area contributed by atoms with Gasteiger partial charge in [0.2, 0.25) is 70.9 Å². The van der Waals surface area contributed by atoms with E-state index in [1.165, 1.54) is 31.2 Å². The molecule has 5 rings (SSSR count). The van der Waals surface area contributed by atoms with E-state index >= 15 is 4.79 Å². The Morgan fingerprint density at radius 3 is 1.63 bits per heavy atom. The third-order valence-electron chi connectivity index (χ3n) is 16.2. The lowest BCUT2D eigenvalue weighted by Gasteiger charge is -2.31. The first kappa shape index (κ1) is 80.6. The number of carbonyl (C=O) groups excluding carboxylic acids is 12. The normalized spacial score (nSPS) is 15.9. The van der Waals surface area contributed by atoms with E-state index in [1.807, 2.05) is 5.32 Å². The molecule has 22 N–H and O–H groups in total. The molecule has 36 heteroatoms. The summed E-state index contributed by atoms with van der Waals surface area (Å²) >= 11 is 0. The Morgan fingerprint density at radius 2 is 1.06 bits per heavy atom. The number of carboxylic acid groups (broad SMARTS) is 3. The number of phenols is 1. The lowest BCUT2D eigenvalue weighted by atomic mass is 10.0. The number of H-pyrrole nitrogens is 1. The molecule has 0 saturated carbocycles.